The Bertz CT molecular complexity index is 338. The third-order valence-electron chi connectivity index (χ3n) is 5.06. The monoisotopic (exact) mass is 332 g/mol. The van der Waals surface area contributed by atoms with E-state index in [2.05, 4.69) is 67.7 Å². The lowest BCUT2D eigenvalue weighted by Crippen LogP contribution is -2.48. The molecule has 0 aliphatic carbocycles. The Morgan fingerprint density at radius 3 is 1.67 bits per heavy atom. The Kier molecular flexibility index (Phi) is 7.07. The van der Waals surface area contributed by atoms with Crippen LogP contribution in [0.25, 0.3) is 0 Å². The van der Waals surface area contributed by atoms with Gasteiger partial charge < -0.3 is 13.6 Å². The Morgan fingerprint density at radius 2 is 1.33 bits per heavy atom. The van der Waals surface area contributed by atoms with Gasteiger partial charge in [-0.05, 0) is 36.3 Å². The summed E-state index contributed by atoms with van der Waals surface area (Å²) in [7, 11) is -3.67. The lowest BCUT2D eigenvalue weighted by molar-refractivity contribution is -0.109. The van der Waals surface area contributed by atoms with E-state index in [4.69, 9.17) is 8.85 Å². The first kappa shape index (κ1) is 21.0. The van der Waals surface area contributed by atoms with Crippen molar-refractivity contribution < 1.29 is 13.6 Å². The molecule has 0 spiro atoms. The molecule has 0 rings (SSSR count). The highest BCUT2D eigenvalue weighted by atomic mass is 28.4. The highest BCUT2D eigenvalue weighted by Gasteiger charge is 2.41. The highest BCUT2D eigenvalue weighted by Crippen LogP contribution is 2.39. The van der Waals surface area contributed by atoms with E-state index in [-0.39, 0.29) is 16.2 Å². The first-order valence-electron chi connectivity index (χ1n) is 7.89. The van der Waals surface area contributed by atoms with Gasteiger partial charge in [-0.3, -0.25) is 0 Å². The van der Waals surface area contributed by atoms with Crippen LogP contribution in [0.1, 0.15) is 48.0 Å². The Hall–Kier alpha value is 0.0238. The standard InChI is InChI=1S/C16H36O3Si2/c1-15(2,3)20(7,8)18-13-14(11-12-17)19-21(9,10)16(4,5)6/h12,14H,11,13H2,1-10H3/t14-/m1/s1. The summed E-state index contributed by atoms with van der Waals surface area (Å²) in [6.07, 6.45) is 1.26. The molecule has 0 bridgehead atoms. The molecule has 0 saturated carbocycles. The SMILES string of the molecule is CC(C)(C)[Si](C)(C)OC[C@@H](CC=O)O[Si](C)(C)C(C)(C)C. The van der Waals surface area contributed by atoms with Gasteiger partial charge in [0.15, 0.2) is 16.6 Å². The molecule has 0 aromatic carbocycles. The van der Waals surface area contributed by atoms with Crippen molar-refractivity contribution in [2.45, 2.75) is 90.3 Å². The first-order valence-corrected chi connectivity index (χ1v) is 13.7. The zero-order chi connectivity index (χ0) is 17.1. The second-order valence-corrected chi connectivity index (χ2v) is 18.5. The highest BCUT2D eigenvalue weighted by molar-refractivity contribution is 6.74. The molecule has 3 nitrogen and oxygen atoms in total. The van der Waals surface area contributed by atoms with Gasteiger partial charge in [0.1, 0.15) is 6.29 Å². The second kappa shape index (κ2) is 7.07. The normalized spacial score (nSPS) is 15.9. The van der Waals surface area contributed by atoms with Crippen molar-refractivity contribution in [2.24, 2.45) is 0 Å². The molecular weight excluding hydrogens is 296 g/mol. The maximum atomic E-state index is 11.0. The number of hydrogen-bond donors (Lipinski definition) is 0. The second-order valence-electron chi connectivity index (χ2n) is 8.97. The largest absolute Gasteiger partial charge is 0.414 e. The molecule has 5 heteroatoms. The zero-order valence-corrected chi connectivity index (χ0v) is 17.8. The predicted octanol–water partition coefficient (Wildman–Crippen LogP) is 4.99. The molecular formula is C16H36O3Si2. The van der Waals surface area contributed by atoms with E-state index in [1.54, 1.807) is 0 Å². The van der Waals surface area contributed by atoms with E-state index in [0.717, 1.165) is 6.29 Å². The molecule has 0 amide bonds. The van der Waals surface area contributed by atoms with Gasteiger partial charge in [-0.25, -0.2) is 0 Å². The molecule has 0 unspecified atom stereocenters. The molecule has 0 aromatic heterocycles. The van der Waals surface area contributed by atoms with Crippen LogP contribution in [-0.4, -0.2) is 35.6 Å². The molecule has 1 atom stereocenters. The van der Waals surface area contributed by atoms with Crippen LogP contribution in [0, 0.1) is 0 Å². The van der Waals surface area contributed by atoms with E-state index < -0.39 is 16.6 Å². The van der Waals surface area contributed by atoms with Crippen molar-refractivity contribution in [3.63, 3.8) is 0 Å². The summed E-state index contributed by atoms with van der Waals surface area (Å²) in [5.74, 6) is 0. The average molecular weight is 333 g/mol. The third kappa shape index (κ3) is 6.34. The molecule has 0 aliphatic rings. The smallest absolute Gasteiger partial charge is 0.192 e. The summed E-state index contributed by atoms with van der Waals surface area (Å²) < 4.78 is 12.6. The molecule has 0 aromatic rings. The van der Waals surface area contributed by atoms with Crippen molar-refractivity contribution in [1.29, 1.82) is 0 Å². The molecule has 0 heterocycles. The van der Waals surface area contributed by atoms with Gasteiger partial charge in [-0.15, -0.1) is 0 Å². The quantitative estimate of drug-likeness (QED) is 0.487. The lowest BCUT2D eigenvalue weighted by Gasteiger charge is -2.41. The Labute approximate surface area is 134 Å². The van der Waals surface area contributed by atoms with E-state index in [1.165, 1.54) is 0 Å². The third-order valence-corrected chi connectivity index (χ3v) is 14.1. The summed E-state index contributed by atoms with van der Waals surface area (Å²) >= 11 is 0. The predicted molar refractivity (Wildman–Crippen MR) is 95.9 cm³/mol. The molecule has 0 aliphatic heterocycles. The van der Waals surface area contributed by atoms with E-state index in [9.17, 15) is 4.79 Å². The van der Waals surface area contributed by atoms with Gasteiger partial charge in [0.2, 0.25) is 0 Å². The number of hydrogen-bond acceptors (Lipinski definition) is 3. The summed E-state index contributed by atoms with van der Waals surface area (Å²) in [6.45, 7) is 22.8. The number of carbonyl (C=O) groups excluding carboxylic acids is 1. The van der Waals surface area contributed by atoms with Gasteiger partial charge in [0, 0.05) is 6.42 Å². The van der Waals surface area contributed by atoms with Gasteiger partial charge >= 0.3 is 0 Å². The van der Waals surface area contributed by atoms with Crippen LogP contribution in [0.3, 0.4) is 0 Å². The van der Waals surface area contributed by atoms with Gasteiger partial charge in [-0.2, -0.15) is 0 Å². The fourth-order valence-electron chi connectivity index (χ4n) is 1.37. The van der Waals surface area contributed by atoms with Crippen LogP contribution >= 0.6 is 0 Å². The summed E-state index contributed by atoms with van der Waals surface area (Å²) in [5.41, 5.74) is 0. The molecule has 0 radical (unpaired) electrons. The molecule has 0 fully saturated rings. The van der Waals surface area contributed by atoms with Gasteiger partial charge in [0.05, 0.1) is 12.7 Å². The Morgan fingerprint density at radius 1 is 0.905 bits per heavy atom. The van der Waals surface area contributed by atoms with Crippen molar-refractivity contribution in [3.8, 4) is 0 Å². The maximum absolute atomic E-state index is 11.0. The molecule has 0 saturated heterocycles. The molecule has 21 heavy (non-hydrogen) atoms. The maximum Gasteiger partial charge on any atom is 0.192 e. The van der Waals surface area contributed by atoms with Crippen molar-refractivity contribution >= 4 is 22.9 Å². The average Bonchev–Trinajstić information content (AvgIpc) is 2.22. The minimum absolute atomic E-state index is 0.113. The topological polar surface area (TPSA) is 35.5 Å². The molecule has 126 valence electrons. The van der Waals surface area contributed by atoms with Crippen LogP contribution in [-0.2, 0) is 13.6 Å². The Balaban J connectivity index is 4.84. The minimum atomic E-state index is -1.87. The summed E-state index contributed by atoms with van der Waals surface area (Å²) in [6, 6.07) is 0. The van der Waals surface area contributed by atoms with E-state index >= 15 is 0 Å². The van der Waals surface area contributed by atoms with Crippen LogP contribution in [0.4, 0.5) is 0 Å². The van der Waals surface area contributed by atoms with Gasteiger partial charge in [-0.1, -0.05) is 41.5 Å². The van der Waals surface area contributed by atoms with Crippen LogP contribution in [0.5, 0.6) is 0 Å². The van der Waals surface area contributed by atoms with Crippen LogP contribution < -0.4 is 0 Å². The zero-order valence-electron chi connectivity index (χ0n) is 15.8. The van der Waals surface area contributed by atoms with Crippen LogP contribution in [0.15, 0.2) is 0 Å². The fraction of sp³-hybridized carbons (Fsp3) is 0.938. The number of aldehydes is 1. The number of carbonyl (C=O) groups is 1. The van der Waals surface area contributed by atoms with E-state index in [0.29, 0.717) is 13.0 Å². The van der Waals surface area contributed by atoms with Crippen molar-refractivity contribution in [3.05, 3.63) is 0 Å². The lowest BCUT2D eigenvalue weighted by atomic mass is 10.2. The van der Waals surface area contributed by atoms with Crippen molar-refractivity contribution in [2.75, 3.05) is 6.61 Å². The first-order chi connectivity index (χ1) is 9.14. The minimum Gasteiger partial charge on any atom is -0.414 e. The number of rotatable bonds is 7. The van der Waals surface area contributed by atoms with Crippen LogP contribution in [0.2, 0.25) is 36.3 Å². The molecule has 0 N–H and O–H groups in total. The fourth-order valence-corrected chi connectivity index (χ4v) is 3.76. The van der Waals surface area contributed by atoms with E-state index in [1.807, 2.05) is 0 Å². The summed E-state index contributed by atoms with van der Waals surface area (Å²) in [5, 5.41) is 0.320. The summed E-state index contributed by atoms with van der Waals surface area (Å²) in [4.78, 5) is 11.0. The van der Waals surface area contributed by atoms with Gasteiger partial charge in [0.25, 0.3) is 0 Å². The van der Waals surface area contributed by atoms with Crippen molar-refractivity contribution in [1.82, 2.24) is 0 Å².